The molecule has 0 aromatic heterocycles. The number of hydrogen-bond donors (Lipinski definition) is 2. The van der Waals surface area contributed by atoms with Gasteiger partial charge in [-0.2, -0.15) is 13.9 Å². The van der Waals surface area contributed by atoms with Crippen LogP contribution in [0.5, 0.6) is 5.75 Å². The molecule has 0 aliphatic carbocycles. The van der Waals surface area contributed by atoms with Crippen LogP contribution in [0.1, 0.15) is 11.1 Å². The smallest absolute Gasteiger partial charge is 0.387 e. The number of carbonyl (C=O) groups excluding carboxylic acids is 1. The Hall–Kier alpha value is -2.96. The normalized spacial score (nSPS) is 10.8. The van der Waals surface area contributed by atoms with Crippen LogP contribution in [0.15, 0.2) is 53.6 Å². The summed E-state index contributed by atoms with van der Waals surface area (Å²) >= 11 is 0. The number of ether oxygens (including phenoxy) is 1. The zero-order valence-corrected chi connectivity index (χ0v) is 13.0. The van der Waals surface area contributed by atoms with Crippen molar-refractivity contribution < 1.29 is 18.3 Å². The van der Waals surface area contributed by atoms with Crippen molar-refractivity contribution in [2.24, 2.45) is 5.10 Å². The van der Waals surface area contributed by atoms with Gasteiger partial charge in [-0.3, -0.25) is 4.79 Å². The van der Waals surface area contributed by atoms with Gasteiger partial charge in [-0.1, -0.05) is 29.8 Å². The van der Waals surface area contributed by atoms with E-state index >= 15 is 0 Å². The maximum Gasteiger partial charge on any atom is 0.387 e. The van der Waals surface area contributed by atoms with E-state index in [9.17, 15) is 13.6 Å². The number of hydrazone groups is 1. The Morgan fingerprint density at radius 2 is 1.92 bits per heavy atom. The van der Waals surface area contributed by atoms with E-state index in [0.717, 1.165) is 11.3 Å². The van der Waals surface area contributed by atoms with Crippen LogP contribution in [0.2, 0.25) is 0 Å². The summed E-state index contributed by atoms with van der Waals surface area (Å²) in [5, 5.41) is 6.69. The molecule has 0 saturated heterocycles. The molecule has 1 amide bonds. The minimum atomic E-state index is -2.92. The van der Waals surface area contributed by atoms with Crippen molar-refractivity contribution in [3.8, 4) is 5.75 Å². The van der Waals surface area contributed by atoms with Gasteiger partial charge >= 0.3 is 6.61 Å². The van der Waals surface area contributed by atoms with E-state index in [2.05, 4.69) is 20.6 Å². The van der Waals surface area contributed by atoms with Gasteiger partial charge in [0.05, 0.1) is 12.8 Å². The standard InChI is InChI=1S/C17H17F2N3O2/c1-12-6-8-14(9-7-12)20-11-16(23)22-21-10-13-4-2-3-5-15(13)24-17(18)19/h2-10,17,20H,11H2,1H3,(H,22,23)/b21-10+. The molecule has 0 atom stereocenters. The SMILES string of the molecule is Cc1ccc(NCC(=O)N/N=C/c2ccccc2OC(F)F)cc1. The Bertz CT molecular complexity index is 703. The van der Waals surface area contributed by atoms with E-state index in [1.54, 1.807) is 18.2 Å². The van der Waals surface area contributed by atoms with Crippen molar-refractivity contribution in [1.82, 2.24) is 5.43 Å². The molecule has 2 rings (SSSR count). The molecule has 0 aliphatic heterocycles. The second-order valence-electron chi connectivity index (χ2n) is 4.93. The summed E-state index contributed by atoms with van der Waals surface area (Å²) in [6.45, 7) is -0.913. The minimum Gasteiger partial charge on any atom is -0.434 e. The van der Waals surface area contributed by atoms with E-state index in [-0.39, 0.29) is 18.2 Å². The summed E-state index contributed by atoms with van der Waals surface area (Å²) in [6.07, 6.45) is 1.25. The van der Waals surface area contributed by atoms with Gasteiger partial charge in [0.25, 0.3) is 5.91 Å². The predicted octanol–water partition coefficient (Wildman–Crippen LogP) is 3.16. The number of aryl methyl sites for hydroxylation is 1. The average Bonchev–Trinajstić information content (AvgIpc) is 2.55. The first kappa shape index (κ1) is 17.4. The molecule has 0 bridgehead atoms. The monoisotopic (exact) mass is 333 g/mol. The van der Waals surface area contributed by atoms with Gasteiger partial charge in [0, 0.05) is 11.3 Å². The maximum absolute atomic E-state index is 12.3. The first-order valence-electron chi connectivity index (χ1n) is 7.21. The Kier molecular flexibility index (Phi) is 6.24. The lowest BCUT2D eigenvalue weighted by atomic mass is 10.2. The summed E-state index contributed by atoms with van der Waals surface area (Å²) in [5.41, 5.74) is 4.60. The first-order chi connectivity index (χ1) is 11.5. The molecule has 0 heterocycles. The lowest BCUT2D eigenvalue weighted by Gasteiger charge is -2.07. The van der Waals surface area contributed by atoms with Crippen molar-refractivity contribution in [1.29, 1.82) is 0 Å². The number of nitrogens with one attached hydrogen (secondary N) is 2. The van der Waals surface area contributed by atoms with Crippen LogP contribution in [0.4, 0.5) is 14.5 Å². The predicted molar refractivity (Wildman–Crippen MR) is 88.5 cm³/mol. The van der Waals surface area contributed by atoms with Crippen LogP contribution in [-0.4, -0.2) is 25.3 Å². The van der Waals surface area contributed by atoms with Crippen LogP contribution < -0.4 is 15.5 Å². The molecule has 0 saturated carbocycles. The highest BCUT2D eigenvalue weighted by Gasteiger charge is 2.07. The topological polar surface area (TPSA) is 62.7 Å². The largest absolute Gasteiger partial charge is 0.434 e. The summed E-state index contributed by atoms with van der Waals surface area (Å²) < 4.78 is 29.0. The van der Waals surface area contributed by atoms with Gasteiger partial charge in [0.2, 0.25) is 0 Å². The molecule has 7 heteroatoms. The van der Waals surface area contributed by atoms with Gasteiger partial charge in [-0.25, -0.2) is 5.43 Å². The average molecular weight is 333 g/mol. The lowest BCUT2D eigenvalue weighted by molar-refractivity contribution is -0.119. The van der Waals surface area contributed by atoms with E-state index in [1.165, 1.54) is 12.3 Å². The number of alkyl halides is 2. The fourth-order valence-corrected chi connectivity index (χ4v) is 1.86. The third-order valence-corrected chi connectivity index (χ3v) is 3.03. The van der Waals surface area contributed by atoms with Crippen LogP contribution in [0, 0.1) is 6.92 Å². The molecular weight excluding hydrogens is 316 g/mol. The number of hydrogen-bond acceptors (Lipinski definition) is 4. The molecule has 0 radical (unpaired) electrons. The number of benzene rings is 2. The first-order valence-corrected chi connectivity index (χ1v) is 7.21. The van der Waals surface area contributed by atoms with Gasteiger partial charge in [0.1, 0.15) is 5.75 Å². The second-order valence-corrected chi connectivity index (χ2v) is 4.93. The molecule has 2 aromatic rings. The number of amides is 1. The molecule has 126 valence electrons. The Morgan fingerprint density at radius 3 is 2.62 bits per heavy atom. The zero-order valence-electron chi connectivity index (χ0n) is 13.0. The fourth-order valence-electron chi connectivity index (χ4n) is 1.86. The van der Waals surface area contributed by atoms with Crippen LogP contribution in [0.25, 0.3) is 0 Å². The molecule has 0 spiro atoms. The van der Waals surface area contributed by atoms with E-state index < -0.39 is 6.61 Å². The number of nitrogens with zero attached hydrogens (tertiary/aromatic N) is 1. The van der Waals surface area contributed by atoms with Crippen LogP contribution in [0.3, 0.4) is 0 Å². The van der Waals surface area contributed by atoms with Crippen molar-refractivity contribution in [3.05, 3.63) is 59.7 Å². The molecule has 2 aromatic carbocycles. The van der Waals surface area contributed by atoms with E-state index in [0.29, 0.717) is 5.56 Å². The van der Waals surface area contributed by atoms with Crippen molar-refractivity contribution >= 4 is 17.8 Å². The van der Waals surface area contributed by atoms with Crippen molar-refractivity contribution in [2.75, 3.05) is 11.9 Å². The number of carbonyl (C=O) groups is 1. The molecule has 5 nitrogen and oxygen atoms in total. The molecule has 2 N–H and O–H groups in total. The van der Waals surface area contributed by atoms with Gasteiger partial charge in [-0.15, -0.1) is 0 Å². The summed E-state index contributed by atoms with van der Waals surface area (Å²) in [4.78, 5) is 11.7. The number of rotatable bonds is 7. The van der Waals surface area contributed by atoms with Gasteiger partial charge in [-0.05, 0) is 31.2 Å². The fraction of sp³-hybridized carbons (Fsp3) is 0.176. The highest BCUT2D eigenvalue weighted by Crippen LogP contribution is 2.18. The second kappa shape index (κ2) is 8.61. The van der Waals surface area contributed by atoms with Gasteiger partial charge in [0.15, 0.2) is 0 Å². The minimum absolute atomic E-state index is 0.0109. The van der Waals surface area contributed by atoms with Crippen molar-refractivity contribution in [2.45, 2.75) is 13.5 Å². The summed E-state index contributed by atoms with van der Waals surface area (Å²) in [6, 6.07) is 13.8. The van der Waals surface area contributed by atoms with Crippen LogP contribution in [-0.2, 0) is 4.79 Å². The summed E-state index contributed by atoms with van der Waals surface area (Å²) in [5.74, 6) is -0.373. The van der Waals surface area contributed by atoms with Crippen molar-refractivity contribution in [3.63, 3.8) is 0 Å². The number of halogens is 2. The highest BCUT2D eigenvalue weighted by atomic mass is 19.3. The quantitative estimate of drug-likeness (QED) is 0.604. The molecule has 0 unspecified atom stereocenters. The van der Waals surface area contributed by atoms with Gasteiger partial charge < -0.3 is 10.1 Å². The van der Waals surface area contributed by atoms with E-state index in [4.69, 9.17) is 0 Å². The molecular formula is C17H17F2N3O2. The van der Waals surface area contributed by atoms with E-state index in [1.807, 2.05) is 31.2 Å². The zero-order chi connectivity index (χ0) is 17.4. The van der Waals surface area contributed by atoms with Crippen LogP contribution >= 0.6 is 0 Å². The highest BCUT2D eigenvalue weighted by molar-refractivity contribution is 5.86. The Labute approximate surface area is 138 Å². The molecule has 0 aliphatic rings. The third-order valence-electron chi connectivity index (χ3n) is 3.03. The number of para-hydroxylation sites is 1. The molecule has 24 heavy (non-hydrogen) atoms. The maximum atomic E-state index is 12.3. The summed E-state index contributed by atoms with van der Waals surface area (Å²) in [7, 11) is 0. The Balaban J connectivity index is 1.85. The Morgan fingerprint density at radius 1 is 1.21 bits per heavy atom. The number of anilines is 1. The third kappa shape index (κ3) is 5.68. The molecule has 0 fully saturated rings. The lowest BCUT2D eigenvalue weighted by Crippen LogP contribution is -2.25.